The third kappa shape index (κ3) is 2.82. The van der Waals surface area contributed by atoms with Crippen LogP contribution in [0.1, 0.15) is 24.0 Å². The van der Waals surface area contributed by atoms with E-state index in [1.54, 1.807) is 18.2 Å². The Hall–Kier alpha value is -2.69. The molecule has 2 heterocycles. The van der Waals surface area contributed by atoms with Gasteiger partial charge in [0.2, 0.25) is 5.91 Å². The molecule has 1 aliphatic heterocycles. The van der Waals surface area contributed by atoms with Gasteiger partial charge in [-0.2, -0.15) is 0 Å². The first-order valence-electron chi connectivity index (χ1n) is 9.56. The van der Waals surface area contributed by atoms with Gasteiger partial charge in [0, 0.05) is 37.0 Å². The number of amides is 1. The molecule has 138 valence electrons. The molecular weight excluding hydrogens is 343 g/mol. The number of carbonyl (C=O) groups excluding carboxylic acids is 1. The van der Waals surface area contributed by atoms with E-state index in [1.807, 2.05) is 11.1 Å². The van der Waals surface area contributed by atoms with E-state index in [9.17, 15) is 14.0 Å². The van der Waals surface area contributed by atoms with Crippen LogP contribution in [0.4, 0.5) is 4.39 Å². The molecule has 0 spiro atoms. The van der Waals surface area contributed by atoms with Crippen molar-refractivity contribution in [2.45, 2.75) is 25.8 Å². The van der Waals surface area contributed by atoms with Crippen LogP contribution in [-0.4, -0.2) is 21.9 Å². The number of fused-ring (bicyclic) bond motifs is 3. The summed E-state index contributed by atoms with van der Waals surface area (Å²) in [6, 6.07) is 7.53. The molecule has 5 heteroatoms. The van der Waals surface area contributed by atoms with Gasteiger partial charge in [0.15, 0.2) is 0 Å². The first-order valence-corrected chi connectivity index (χ1v) is 9.56. The molecule has 2 bridgehead atoms. The van der Waals surface area contributed by atoms with Gasteiger partial charge >= 0.3 is 0 Å². The molecule has 1 fully saturated rings. The summed E-state index contributed by atoms with van der Waals surface area (Å²) in [5, 5.41) is 0. The molecule has 4 nitrogen and oxygen atoms in total. The minimum absolute atomic E-state index is 0.115. The van der Waals surface area contributed by atoms with Gasteiger partial charge in [-0.05, 0) is 66.5 Å². The number of hydrogen-bond donors (Lipinski definition) is 0. The maximum absolute atomic E-state index is 13.2. The first-order chi connectivity index (χ1) is 13.1. The molecule has 2 aromatic rings. The Labute approximate surface area is 156 Å². The number of carbonyl (C=O) groups is 1. The van der Waals surface area contributed by atoms with Crippen LogP contribution in [-0.2, 0) is 17.8 Å². The molecule has 1 aromatic carbocycles. The van der Waals surface area contributed by atoms with Crippen molar-refractivity contribution in [2.24, 2.45) is 17.8 Å². The highest BCUT2D eigenvalue weighted by atomic mass is 19.1. The zero-order valence-corrected chi connectivity index (χ0v) is 15.0. The predicted molar refractivity (Wildman–Crippen MR) is 100.0 cm³/mol. The van der Waals surface area contributed by atoms with E-state index in [-0.39, 0.29) is 23.2 Å². The molecule has 0 unspecified atom stereocenters. The van der Waals surface area contributed by atoms with E-state index < -0.39 is 0 Å². The van der Waals surface area contributed by atoms with Crippen LogP contribution in [0.5, 0.6) is 0 Å². The summed E-state index contributed by atoms with van der Waals surface area (Å²) >= 11 is 0. The smallest absolute Gasteiger partial charge is 0.255 e. The number of pyridine rings is 1. The second kappa shape index (κ2) is 6.19. The molecule has 1 aromatic heterocycles. The fourth-order valence-electron chi connectivity index (χ4n) is 4.82. The summed E-state index contributed by atoms with van der Waals surface area (Å²) in [7, 11) is 0. The molecule has 2 aliphatic carbocycles. The molecule has 0 saturated heterocycles. The highest BCUT2D eigenvalue weighted by molar-refractivity contribution is 5.80. The van der Waals surface area contributed by atoms with E-state index in [0.29, 0.717) is 37.0 Å². The Morgan fingerprint density at radius 2 is 1.89 bits per heavy atom. The Morgan fingerprint density at radius 3 is 2.59 bits per heavy atom. The minimum atomic E-state index is -0.332. The Morgan fingerprint density at radius 1 is 1.07 bits per heavy atom. The molecular formula is C22H21FN2O2. The van der Waals surface area contributed by atoms with E-state index in [0.717, 1.165) is 24.0 Å². The normalized spacial score (nSPS) is 25.7. The zero-order valence-electron chi connectivity index (χ0n) is 15.0. The number of allylic oxidation sites excluding steroid dienone is 2. The van der Waals surface area contributed by atoms with Gasteiger partial charge in [-0.25, -0.2) is 4.39 Å². The third-order valence-corrected chi connectivity index (χ3v) is 6.26. The van der Waals surface area contributed by atoms with Crippen molar-refractivity contribution in [1.29, 1.82) is 0 Å². The van der Waals surface area contributed by atoms with Crippen LogP contribution >= 0.6 is 0 Å². The van der Waals surface area contributed by atoms with E-state index in [1.165, 1.54) is 16.7 Å². The van der Waals surface area contributed by atoms with Crippen molar-refractivity contribution < 1.29 is 9.18 Å². The van der Waals surface area contributed by atoms with Crippen LogP contribution in [0.15, 0.2) is 53.5 Å². The van der Waals surface area contributed by atoms with Gasteiger partial charge in [0.1, 0.15) is 5.82 Å². The average Bonchev–Trinajstić information content (AvgIpc) is 3.31. The topological polar surface area (TPSA) is 42.3 Å². The molecule has 0 N–H and O–H groups in total. The molecule has 27 heavy (non-hydrogen) atoms. The van der Waals surface area contributed by atoms with E-state index in [2.05, 4.69) is 12.2 Å². The summed E-state index contributed by atoms with van der Waals surface area (Å²) in [6.07, 6.45) is 9.06. The fourth-order valence-corrected chi connectivity index (χ4v) is 4.82. The van der Waals surface area contributed by atoms with Crippen molar-refractivity contribution in [1.82, 2.24) is 9.47 Å². The third-order valence-electron chi connectivity index (χ3n) is 6.26. The molecule has 1 saturated carbocycles. The Bertz CT molecular complexity index is 992. The monoisotopic (exact) mass is 364 g/mol. The SMILES string of the molecule is O=C([C@@H]1C[C@@H]2C=C[C@H]1C2)N1CCc2cc(=O)n(-c3ccc(F)cc3)cc2C1. The summed E-state index contributed by atoms with van der Waals surface area (Å²) < 4.78 is 14.7. The molecule has 3 atom stereocenters. The van der Waals surface area contributed by atoms with Crippen LogP contribution in [0, 0.1) is 23.6 Å². The van der Waals surface area contributed by atoms with Crippen molar-refractivity contribution >= 4 is 5.91 Å². The van der Waals surface area contributed by atoms with E-state index >= 15 is 0 Å². The van der Waals surface area contributed by atoms with Gasteiger partial charge in [-0.1, -0.05) is 12.2 Å². The summed E-state index contributed by atoms with van der Waals surface area (Å²) in [4.78, 5) is 27.5. The van der Waals surface area contributed by atoms with Gasteiger partial charge < -0.3 is 4.90 Å². The summed E-state index contributed by atoms with van der Waals surface area (Å²) in [6.45, 7) is 1.21. The number of aromatic nitrogens is 1. The Balaban J connectivity index is 1.42. The van der Waals surface area contributed by atoms with Crippen LogP contribution in [0.3, 0.4) is 0 Å². The quantitative estimate of drug-likeness (QED) is 0.769. The lowest BCUT2D eigenvalue weighted by molar-refractivity contribution is -0.137. The zero-order chi connectivity index (χ0) is 18.5. The fraction of sp³-hybridized carbons (Fsp3) is 0.364. The summed E-state index contributed by atoms with van der Waals surface area (Å²) in [5.41, 5.74) is 2.51. The van der Waals surface area contributed by atoms with Crippen molar-refractivity contribution in [3.8, 4) is 5.69 Å². The lowest BCUT2D eigenvalue weighted by Gasteiger charge is -2.32. The maximum Gasteiger partial charge on any atom is 0.255 e. The second-order valence-electron chi connectivity index (χ2n) is 7.91. The molecule has 1 amide bonds. The predicted octanol–water partition coefficient (Wildman–Crippen LogP) is 3.07. The summed E-state index contributed by atoms with van der Waals surface area (Å²) in [5.74, 6) is 1.00. The van der Waals surface area contributed by atoms with Crippen LogP contribution < -0.4 is 5.56 Å². The van der Waals surface area contributed by atoms with Crippen molar-refractivity contribution in [2.75, 3.05) is 6.54 Å². The average molecular weight is 364 g/mol. The van der Waals surface area contributed by atoms with Gasteiger partial charge in [0.05, 0.1) is 0 Å². The first kappa shape index (κ1) is 16.5. The number of benzene rings is 1. The number of hydrogen-bond acceptors (Lipinski definition) is 2. The standard InChI is InChI=1S/C22H21FN2O2/c23-18-3-5-19(6-4-18)25-13-17-12-24(8-7-15(17)11-21(25)26)22(27)20-10-14-1-2-16(20)9-14/h1-6,11,13-14,16,20H,7-10,12H2/t14-,16+,20-/m1/s1. The second-order valence-corrected chi connectivity index (χ2v) is 7.91. The molecule has 0 radical (unpaired) electrons. The van der Waals surface area contributed by atoms with Gasteiger partial charge in [0.25, 0.3) is 5.56 Å². The lowest BCUT2D eigenvalue weighted by atomic mass is 9.91. The Kier molecular flexibility index (Phi) is 3.78. The minimum Gasteiger partial charge on any atom is -0.338 e. The number of rotatable bonds is 2. The van der Waals surface area contributed by atoms with Gasteiger partial charge in [-0.3, -0.25) is 14.2 Å². The largest absolute Gasteiger partial charge is 0.338 e. The maximum atomic E-state index is 13.2. The van der Waals surface area contributed by atoms with Crippen LogP contribution in [0.25, 0.3) is 5.69 Å². The van der Waals surface area contributed by atoms with Gasteiger partial charge in [-0.15, -0.1) is 0 Å². The van der Waals surface area contributed by atoms with Crippen molar-refractivity contribution in [3.63, 3.8) is 0 Å². The highest BCUT2D eigenvalue weighted by Crippen LogP contribution is 2.44. The molecule has 3 aliphatic rings. The lowest BCUT2D eigenvalue weighted by Crippen LogP contribution is -2.41. The van der Waals surface area contributed by atoms with Crippen LogP contribution in [0.2, 0.25) is 0 Å². The number of nitrogens with zero attached hydrogens (tertiary/aromatic N) is 2. The number of halogens is 1. The van der Waals surface area contributed by atoms with Crippen molar-refractivity contribution in [3.05, 3.63) is 76.0 Å². The highest BCUT2D eigenvalue weighted by Gasteiger charge is 2.41. The van der Waals surface area contributed by atoms with E-state index in [4.69, 9.17) is 0 Å². The molecule has 5 rings (SSSR count).